The van der Waals surface area contributed by atoms with Crippen LogP contribution in [0.25, 0.3) is 0 Å². The Morgan fingerprint density at radius 2 is 2.16 bits per heavy atom. The van der Waals surface area contributed by atoms with E-state index < -0.39 is 6.04 Å². The minimum Gasteiger partial charge on any atom is -0.464 e. The Labute approximate surface area is 111 Å². The number of ether oxygens (including phenoxy) is 2. The molecular weight excluding hydrogens is 250 g/mol. The first-order valence-corrected chi connectivity index (χ1v) is 5.87. The number of hydrogen-bond donors (Lipinski definition) is 3. The summed E-state index contributed by atoms with van der Waals surface area (Å²) in [7, 11) is 1.54. The zero-order valence-electron chi connectivity index (χ0n) is 11.3. The summed E-state index contributed by atoms with van der Waals surface area (Å²) in [6.45, 7) is 4.02. The Morgan fingerprint density at radius 3 is 2.74 bits per heavy atom. The lowest BCUT2D eigenvalue weighted by Crippen LogP contribution is -2.29. The number of methoxy groups -OCH3 is 1. The molecule has 106 valence electrons. The summed E-state index contributed by atoms with van der Waals surface area (Å²) in [4.78, 5) is 19.8. The van der Waals surface area contributed by atoms with Crippen LogP contribution in [-0.2, 0) is 20.9 Å². The van der Waals surface area contributed by atoms with Crippen molar-refractivity contribution in [1.29, 1.82) is 0 Å². The quantitative estimate of drug-likeness (QED) is 0.367. The van der Waals surface area contributed by atoms with E-state index in [0.717, 1.165) is 0 Å². The van der Waals surface area contributed by atoms with Gasteiger partial charge in [-0.15, -0.1) is 0 Å². The maximum atomic E-state index is 11.5. The molecule has 0 amide bonds. The van der Waals surface area contributed by atoms with Gasteiger partial charge in [-0.1, -0.05) is 0 Å². The van der Waals surface area contributed by atoms with Crippen LogP contribution in [0.1, 0.15) is 19.7 Å². The van der Waals surface area contributed by atoms with E-state index in [-0.39, 0.29) is 12.6 Å². The van der Waals surface area contributed by atoms with Crippen molar-refractivity contribution in [2.75, 3.05) is 24.5 Å². The Balaban J connectivity index is 2.81. The average molecular weight is 269 g/mol. The van der Waals surface area contributed by atoms with Crippen LogP contribution in [0.2, 0.25) is 0 Å². The van der Waals surface area contributed by atoms with Gasteiger partial charge in [0, 0.05) is 13.2 Å². The third-order valence-electron chi connectivity index (χ3n) is 2.20. The summed E-state index contributed by atoms with van der Waals surface area (Å²) in [5, 5.41) is 2.92. The Hall–Kier alpha value is -1.93. The first-order chi connectivity index (χ1) is 9.10. The molecule has 1 unspecified atom stereocenters. The standard InChI is InChI=1S/C11H19N5O3/c1-4-19-11(17)7(2)13-8-5-9(16-12)15-10(14-8)6-18-3/h5,7H,4,6,12H2,1-3H3,(H2,13,14,15,16). The fourth-order valence-electron chi connectivity index (χ4n) is 1.39. The van der Waals surface area contributed by atoms with Gasteiger partial charge in [0.1, 0.15) is 24.3 Å². The molecule has 0 bridgehead atoms. The van der Waals surface area contributed by atoms with Gasteiger partial charge in [-0.3, -0.25) is 0 Å². The smallest absolute Gasteiger partial charge is 0.328 e. The Morgan fingerprint density at radius 1 is 1.47 bits per heavy atom. The molecule has 0 fully saturated rings. The number of nitrogen functional groups attached to an aromatic ring is 1. The number of hydrogen-bond acceptors (Lipinski definition) is 8. The van der Waals surface area contributed by atoms with Gasteiger partial charge in [0.25, 0.3) is 0 Å². The molecule has 1 aromatic heterocycles. The van der Waals surface area contributed by atoms with Crippen molar-refractivity contribution in [3.8, 4) is 0 Å². The molecule has 8 nitrogen and oxygen atoms in total. The molecule has 8 heteroatoms. The molecule has 19 heavy (non-hydrogen) atoms. The zero-order chi connectivity index (χ0) is 14.3. The number of anilines is 2. The summed E-state index contributed by atoms with van der Waals surface area (Å²) in [5.41, 5.74) is 2.43. The highest BCUT2D eigenvalue weighted by Crippen LogP contribution is 2.12. The predicted octanol–water partition coefficient (Wildman–Crippen LogP) is 0.272. The van der Waals surface area contributed by atoms with Crippen LogP contribution >= 0.6 is 0 Å². The van der Waals surface area contributed by atoms with Gasteiger partial charge in [-0.2, -0.15) is 0 Å². The van der Waals surface area contributed by atoms with Crippen molar-refractivity contribution < 1.29 is 14.3 Å². The molecule has 0 spiro atoms. The molecule has 0 saturated carbocycles. The van der Waals surface area contributed by atoms with Crippen molar-refractivity contribution in [2.45, 2.75) is 26.5 Å². The maximum absolute atomic E-state index is 11.5. The van der Waals surface area contributed by atoms with Gasteiger partial charge in [-0.25, -0.2) is 20.6 Å². The van der Waals surface area contributed by atoms with E-state index in [2.05, 4.69) is 20.7 Å². The molecule has 0 aliphatic rings. The van der Waals surface area contributed by atoms with Crippen molar-refractivity contribution >= 4 is 17.6 Å². The monoisotopic (exact) mass is 269 g/mol. The first kappa shape index (κ1) is 15.1. The number of carbonyl (C=O) groups is 1. The highest BCUT2D eigenvalue weighted by atomic mass is 16.5. The van der Waals surface area contributed by atoms with Crippen LogP contribution in [0.5, 0.6) is 0 Å². The number of rotatable bonds is 7. The molecular formula is C11H19N5O3. The van der Waals surface area contributed by atoms with Crippen LogP contribution < -0.4 is 16.6 Å². The van der Waals surface area contributed by atoms with Gasteiger partial charge < -0.3 is 20.2 Å². The van der Waals surface area contributed by atoms with Crippen molar-refractivity contribution in [3.63, 3.8) is 0 Å². The normalized spacial score (nSPS) is 11.8. The summed E-state index contributed by atoms with van der Waals surface area (Å²) < 4.78 is 9.86. The fraction of sp³-hybridized carbons (Fsp3) is 0.545. The lowest BCUT2D eigenvalue weighted by atomic mass is 10.3. The van der Waals surface area contributed by atoms with Crippen LogP contribution in [0, 0.1) is 0 Å². The van der Waals surface area contributed by atoms with Crippen molar-refractivity contribution in [1.82, 2.24) is 9.97 Å². The van der Waals surface area contributed by atoms with Gasteiger partial charge >= 0.3 is 5.97 Å². The Bertz CT molecular complexity index is 427. The fourth-order valence-corrected chi connectivity index (χ4v) is 1.39. The molecule has 0 aliphatic carbocycles. The van der Waals surface area contributed by atoms with Crippen LogP contribution in [0.15, 0.2) is 6.07 Å². The van der Waals surface area contributed by atoms with E-state index >= 15 is 0 Å². The second-order valence-corrected chi connectivity index (χ2v) is 3.75. The number of nitrogens with zero attached hydrogens (tertiary/aromatic N) is 2. The lowest BCUT2D eigenvalue weighted by molar-refractivity contribution is -0.143. The lowest BCUT2D eigenvalue weighted by Gasteiger charge is -2.14. The van der Waals surface area contributed by atoms with E-state index in [4.69, 9.17) is 15.3 Å². The van der Waals surface area contributed by atoms with Gasteiger partial charge in [0.2, 0.25) is 0 Å². The molecule has 0 radical (unpaired) electrons. The molecule has 4 N–H and O–H groups in total. The summed E-state index contributed by atoms with van der Waals surface area (Å²) in [6.07, 6.45) is 0. The second-order valence-electron chi connectivity index (χ2n) is 3.75. The summed E-state index contributed by atoms with van der Waals surface area (Å²) in [5.74, 6) is 6.33. The molecule has 0 aliphatic heterocycles. The van der Waals surface area contributed by atoms with E-state index in [1.807, 2.05) is 0 Å². The predicted molar refractivity (Wildman–Crippen MR) is 70.3 cm³/mol. The van der Waals surface area contributed by atoms with E-state index in [0.29, 0.717) is 24.1 Å². The van der Waals surface area contributed by atoms with Gasteiger partial charge in [0.15, 0.2) is 5.82 Å². The van der Waals surface area contributed by atoms with Gasteiger partial charge in [0.05, 0.1) is 6.61 Å². The number of hydrazine groups is 1. The highest BCUT2D eigenvalue weighted by molar-refractivity contribution is 5.78. The molecule has 1 rings (SSSR count). The largest absolute Gasteiger partial charge is 0.464 e. The topological polar surface area (TPSA) is 111 Å². The number of aromatic nitrogens is 2. The van der Waals surface area contributed by atoms with Gasteiger partial charge in [-0.05, 0) is 13.8 Å². The van der Waals surface area contributed by atoms with Crippen molar-refractivity contribution in [3.05, 3.63) is 11.9 Å². The van der Waals surface area contributed by atoms with Crippen LogP contribution in [0.4, 0.5) is 11.6 Å². The van der Waals surface area contributed by atoms with E-state index in [1.54, 1.807) is 27.0 Å². The average Bonchev–Trinajstić information content (AvgIpc) is 2.39. The Kier molecular flexibility index (Phi) is 5.97. The molecule has 1 heterocycles. The van der Waals surface area contributed by atoms with Crippen molar-refractivity contribution in [2.24, 2.45) is 5.84 Å². The minimum atomic E-state index is -0.518. The number of nitrogens with two attached hydrogens (primary N) is 1. The number of carbonyl (C=O) groups excluding carboxylic acids is 1. The highest BCUT2D eigenvalue weighted by Gasteiger charge is 2.15. The number of esters is 1. The summed E-state index contributed by atoms with van der Waals surface area (Å²) >= 11 is 0. The SMILES string of the molecule is CCOC(=O)C(C)Nc1cc(NN)nc(COC)n1. The molecule has 0 saturated heterocycles. The van der Waals surface area contributed by atoms with Crippen LogP contribution in [-0.4, -0.2) is 35.7 Å². The second kappa shape index (κ2) is 7.49. The molecule has 0 aromatic carbocycles. The third-order valence-corrected chi connectivity index (χ3v) is 2.20. The van der Waals surface area contributed by atoms with E-state index in [9.17, 15) is 4.79 Å². The zero-order valence-corrected chi connectivity index (χ0v) is 11.3. The number of nitrogens with one attached hydrogen (secondary N) is 2. The molecule has 1 atom stereocenters. The first-order valence-electron chi connectivity index (χ1n) is 5.87. The third kappa shape index (κ3) is 4.68. The maximum Gasteiger partial charge on any atom is 0.328 e. The molecule has 1 aromatic rings. The van der Waals surface area contributed by atoms with Crippen LogP contribution in [0.3, 0.4) is 0 Å². The summed E-state index contributed by atoms with van der Waals surface area (Å²) in [6, 6.07) is 1.07. The minimum absolute atomic E-state index is 0.248. The van der Waals surface area contributed by atoms with E-state index in [1.165, 1.54) is 0 Å².